The molecule has 0 radical (unpaired) electrons. The molecule has 2 aromatic carbocycles. The van der Waals surface area contributed by atoms with Gasteiger partial charge in [-0.3, -0.25) is 14.9 Å². The highest BCUT2D eigenvalue weighted by molar-refractivity contribution is 7.14. The Balaban J connectivity index is 1.40. The van der Waals surface area contributed by atoms with Crippen LogP contribution in [0.2, 0.25) is 0 Å². The number of ether oxygens (including phenoxy) is 2. The highest BCUT2D eigenvalue weighted by Gasteiger charge is 2.14. The van der Waals surface area contributed by atoms with Crippen molar-refractivity contribution >= 4 is 39.1 Å². The number of para-hydroxylation sites is 1. The van der Waals surface area contributed by atoms with E-state index in [2.05, 4.69) is 10.3 Å². The van der Waals surface area contributed by atoms with E-state index >= 15 is 0 Å². The molecule has 0 aliphatic carbocycles. The van der Waals surface area contributed by atoms with Crippen LogP contribution in [0.5, 0.6) is 11.5 Å². The third kappa shape index (κ3) is 4.18. The number of benzene rings is 2. The molecule has 1 amide bonds. The number of hydrogen-bond acceptors (Lipinski definition) is 7. The molecule has 0 saturated carbocycles. The number of furan rings is 1. The van der Waals surface area contributed by atoms with Crippen LogP contribution in [0.3, 0.4) is 0 Å². The van der Waals surface area contributed by atoms with Gasteiger partial charge in [-0.1, -0.05) is 18.2 Å². The number of ketones is 1. The normalized spacial score (nSPS) is 10.7. The molecule has 0 aliphatic rings. The number of anilines is 1. The summed E-state index contributed by atoms with van der Waals surface area (Å²) in [6, 6.07) is 14.4. The summed E-state index contributed by atoms with van der Waals surface area (Å²) in [7, 11) is 1.47. The number of carbonyl (C=O) groups is 2. The molecule has 0 spiro atoms. The van der Waals surface area contributed by atoms with E-state index in [1.807, 2.05) is 35.7 Å². The summed E-state index contributed by atoms with van der Waals surface area (Å²) in [6.45, 7) is 1.24. The molecule has 0 atom stereocenters. The van der Waals surface area contributed by atoms with Gasteiger partial charge in [-0.25, -0.2) is 4.98 Å². The van der Waals surface area contributed by atoms with Crippen molar-refractivity contribution in [1.82, 2.24) is 4.98 Å². The molecule has 1 N–H and O–H groups in total. The van der Waals surface area contributed by atoms with Gasteiger partial charge in [0.15, 0.2) is 34.8 Å². The molecule has 30 heavy (non-hydrogen) atoms. The minimum atomic E-state index is -0.363. The van der Waals surface area contributed by atoms with Crippen molar-refractivity contribution in [2.75, 3.05) is 19.0 Å². The van der Waals surface area contributed by atoms with Crippen LogP contribution in [0.25, 0.3) is 22.4 Å². The molecule has 4 aromatic rings. The smallest absolute Gasteiger partial charge is 0.264 e. The summed E-state index contributed by atoms with van der Waals surface area (Å²) < 4.78 is 16.6. The molecule has 0 bridgehead atoms. The lowest BCUT2D eigenvalue weighted by Crippen LogP contribution is -2.20. The second-order valence-corrected chi connectivity index (χ2v) is 7.30. The Morgan fingerprint density at radius 1 is 1.13 bits per heavy atom. The number of nitrogens with one attached hydrogen (secondary N) is 1. The van der Waals surface area contributed by atoms with Crippen molar-refractivity contribution in [3.05, 3.63) is 59.5 Å². The van der Waals surface area contributed by atoms with Crippen molar-refractivity contribution in [1.29, 1.82) is 0 Å². The summed E-state index contributed by atoms with van der Waals surface area (Å²) in [5.41, 5.74) is 1.93. The van der Waals surface area contributed by atoms with Crippen LogP contribution < -0.4 is 14.8 Å². The Kier molecular flexibility index (Phi) is 5.49. The second-order valence-electron chi connectivity index (χ2n) is 6.45. The third-order valence-electron chi connectivity index (χ3n) is 4.36. The molecule has 4 rings (SSSR count). The van der Waals surface area contributed by atoms with Gasteiger partial charge >= 0.3 is 0 Å². The van der Waals surface area contributed by atoms with E-state index in [9.17, 15) is 9.59 Å². The van der Waals surface area contributed by atoms with Gasteiger partial charge in [0.2, 0.25) is 0 Å². The maximum absolute atomic E-state index is 12.3. The van der Waals surface area contributed by atoms with Crippen molar-refractivity contribution in [3.63, 3.8) is 0 Å². The summed E-state index contributed by atoms with van der Waals surface area (Å²) in [6.07, 6.45) is 0. The minimum Gasteiger partial charge on any atom is -0.493 e. The molecule has 0 aliphatic heterocycles. The van der Waals surface area contributed by atoms with Crippen molar-refractivity contribution in [2.24, 2.45) is 0 Å². The molecule has 0 unspecified atom stereocenters. The largest absolute Gasteiger partial charge is 0.493 e. The maximum atomic E-state index is 12.3. The molecule has 2 aromatic heterocycles. The monoisotopic (exact) mass is 422 g/mol. The number of carbonyl (C=O) groups excluding carboxylic acids is 2. The fourth-order valence-corrected chi connectivity index (χ4v) is 3.57. The van der Waals surface area contributed by atoms with E-state index in [0.717, 1.165) is 11.0 Å². The number of fused-ring (bicyclic) bond motifs is 1. The van der Waals surface area contributed by atoms with Gasteiger partial charge in [0.05, 0.1) is 7.11 Å². The number of hydrogen-bond donors (Lipinski definition) is 1. The summed E-state index contributed by atoms with van der Waals surface area (Å²) in [4.78, 5) is 28.1. The van der Waals surface area contributed by atoms with E-state index < -0.39 is 0 Å². The summed E-state index contributed by atoms with van der Waals surface area (Å²) in [5.74, 6) is 0.955. The number of thiazole rings is 1. The Morgan fingerprint density at radius 2 is 1.97 bits per heavy atom. The van der Waals surface area contributed by atoms with Gasteiger partial charge in [0.25, 0.3) is 5.91 Å². The number of rotatable bonds is 7. The number of Topliss-reactive ketones (excluding diaryl/α,β-unsaturated/α-hetero) is 1. The van der Waals surface area contributed by atoms with E-state index in [1.54, 1.807) is 18.2 Å². The van der Waals surface area contributed by atoms with Gasteiger partial charge in [-0.2, -0.15) is 0 Å². The van der Waals surface area contributed by atoms with Crippen LogP contribution in [-0.2, 0) is 4.79 Å². The Hall–Kier alpha value is -3.65. The molecular formula is C22H18N2O5S. The number of nitrogens with zero attached hydrogens (tertiary/aromatic N) is 1. The molecule has 0 saturated heterocycles. The maximum Gasteiger partial charge on any atom is 0.264 e. The van der Waals surface area contributed by atoms with Crippen LogP contribution in [-0.4, -0.2) is 30.4 Å². The van der Waals surface area contributed by atoms with E-state index in [4.69, 9.17) is 13.9 Å². The fraction of sp³-hybridized carbons (Fsp3) is 0.136. The van der Waals surface area contributed by atoms with Gasteiger partial charge in [-0.15, -0.1) is 11.3 Å². The van der Waals surface area contributed by atoms with Crippen LogP contribution >= 0.6 is 11.3 Å². The van der Waals surface area contributed by atoms with Crippen molar-refractivity contribution in [3.8, 4) is 23.0 Å². The number of aromatic nitrogens is 1. The lowest BCUT2D eigenvalue weighted by atomic mass is 10.1. The zero-order valence-corrected chi connectivity index (χ0v) is 17.1. The first kappa shape index (κ1) is 19.7. The van der Waals surface area contributed by atoms with E-state index in [0.29, 0.717) is 33.6 Å². The van der Waals surface area contributed by atoms with Gasteiger partial charge in [0, 0.05) is 16.3 Å². The molecule has 7 nitrogen and oxygen atoms in total. The van der Waals surface area contributed by atoms with Gasteiger partial charge < -0.3 is 13.9 Å². The quantitative estimate of drug-likeness (QED) is 0.431. The Morgan fingerprint density at radius 3 is 2.73 bits per heavy atom. The first-order valence-corrected chi connectivity index (χ1v) is 9.97. The lowest BCUT2D eigenvalue weighted by molar-refractivity contribution is -0.118. The molecule has 2 heterocycles. The highest BCUT2D eigenvalue weighted by Crippen LogP contribution is 2.31. The average Bonchev–Trinajstić information content (AvgIpc) is 3.38. The van der Waals surface area contributed by atoms with Crippen LogP contribution in [0, 0.1) is 0 Å². The highest BCUT2D eigenvalue weighted by atomic mass is 32.1. The zero-order valence-electron chi connectivity index (χ0n) is 16.3. The average molecular weight is 422 g/mol. The van der Waals surface area contributed by atoms with Crippen LogP contribution in [0.1, 0.15) is 17.3 Å². The predicted octanol–water partition coefficient (Wildman–Crippen LogP) is 4.79. The van der Waals surface area contributed by atoms with Gasteiger partial charge in [0.1, 0.15) is 11.3 Å². The van der Waals surface area contributed by atoms with E-state index in [1.165, 1.54) is 25.4 Å². The van der Waals surface area contributed by atoms with E-state index in [-0.39, 0.29) is 18.3 Å². The first-order chi connectivity index (χ1) is 14.5. The summed E-state index contributed by atoms with van der Waals surface area (Å²) >= 11 is 1.30. The number of methoxy groups -OCH3 is 1. The molecule has 0 fully saturated rings. The summed E-state index contributed by atoms with van der Waals surface area (Å²) in [5, 5.41) is 5.96. The van der Waals surface area contributed by atoms with Crippen LogP contribution in [0.4, 0.5) is 5.13 Å². The Bertz CT molecular complexity index is 1190. The van der Waals surface area contributed by atoms with Crippen molar-refractivity contribution < 1.29 is 23.5 Å². The molecule has 8 heteroatoms. The van der Waals surface area contributed by atoms with Crippen LogP contribution in [0.15, 0.2) is 58.3 Å². The molecular weight excluding hydrogens is 404 g/mol. The zero-order chi connectivity index (χ0) is 21.1. The minimum absolute atomic E-state index is 0.0818. The standard InChI is InChI=1S/C22H18N2O5S/c1-13(25)14-7-8-18(20(9-14)27-2)28-11-21(26)24-22-23-16(12-30-22)19-10-15-5-3-4-6-17(15)29-19/h3-10,12H,11H2,1-2H3,(H,23,24,26). The first-order valence-electron chi connectivity index (χ1n) is 9.09. The fourth-order valence-electron chi connectivity index (χ4n) is 2.86. The Labute approximate surface area is 176 Å². The van der Waals surface area contributed by atoms with Gasteiger partial charge in [-0.05, 0) is 37.3 Å². The predicted molar refractivity (Wildman–Crippen MR) is 114 cm³/mol. The topological polar surface area (TPSA) is 90.7 Å². The molecule has 152 valence electrons. The second kappa shape index (κ2) is 8.38. The SMILES string of the molecule is COc1cc(C(C)=O)ccc1OCC(=O)Nc1nc(-c2cc3ccccc3o2)cs1. The number of amides is 1. The third-order valence-corrected chi connectivity index (χ3v) is 5.12. The van der Waals surface area contributed by atoms with Crippen molar-refractivity contribution in [2.45, 2.75) is 6.92 Å². The lowest BCUT2D eigenvalue weighted by Gasteiger charge is -2.11.